The van der Waals surface area contributed by atoms with Gasteiger partial charge in [0.2, 0.25) is 5.82 Å². The summed E-state index contributed by atoms with van der Waals surface area (Å²) < 4.78 is 38.4. The van der Waals surface area contributed by atoms with Gasteiger partial charge in [0.25, 0.3) is 0 Å². The molecular weight excluding hydrogens is 281 g/mol. The number of para-hydroxylation sites is 1. The number of aryl methyl sites for hydroxylation is 1. The molecule has 0 saturated heterocycles. The first kappa shape index (κ1) is 15.1. The van der Waals surface area contributed by atoms with E-state index >= 15 is 0 Å². The lowest BCUT2D eigenvalue weighted by Crippen LogP contribution is -2.21. The van der Waals surface area contributed by atoms with Crippen LogP contribution in [0.4, 0.5) is 30.5 Å². The number of hydrogen-bond acceptors (Lipinski definition) is 4. The van der Waals surface area contributed by atoms with Crippen molar-refractivity contribution >= 4 is 17.3 Å². The van der Waals surface area contributed by atoms with Crippen LogP contribution in [0.15, 0.2) is 30.3 Å². The fraction of sp³-hybridized carbons (Fsp3) is 0.286. The van der Waals surface area contributed by atoms with Gasteiger partial charge in [0.15, 0.2) is 0 Å². The lowest BCUT2D eigenvalue weighted by atomic mass is 10.2. The largest absolute Gasteiger partial charge is 0.451 e. The van der Waals surface area contributed by atoms with Crippen molar-refractivity contribution in [2.45, 2.75) is 20.0 Å². The van der Waals surface area contributed by atoms with Crippen LogP contribution in [0.2, 0.25) is 0 Å². The molecule has 0 aliphatic rings. The second-order valence-electron chi connectivity index (χ2n) is 4.50. The summed E-state index contributed by atoms with van der Waals surface area (Å²) in [6.07, 6.45) is -4.63. The Morgan fingerprint density at radius 3 is 2.43 bits per heavy atom. The Morgan fingerprint density at radius 1 is 1.19 bits per heavy atom. The Bertz CT molecular complexity index is 640. The molecule has 0 radical (unpaired) electrons. The van der Waals surface area contributed by atoms with Gasteiger partial charge in [0.1, 0.15) is 11.6 Å². The number of hydrogen-bond donors (Lipinski definition) is 1. The zero-order valence-corrected chi connectivity index (χ0v) is 11.6. The third kappa shape index (κ3) is 3.24. The zero-order valence-electron chi connectivity index (χ0n) is 11.6. The van der Waals surface area contributed by atoms with Crippen molar-refractivity contribution in [3.63, 3.8) is 0 Å². The normalized spacial score (nSPS) is 11.5. The molecule has 0 fully saturated rings. The summed E-state index contributed by atoms with van der Waals surface area (Å²) in [6, 6.07) is 8.73. The molecule has 0 unspecified atom stereocenters. The third-order valence-electron chi connectivity index (χ3n) is 2.99. The van der Waals surface area contributed by atoms with Gasteiger partial charge >= 0.3 is 6.18 Å². The SMILES string of the molecule is CCN(c1cc(N)nc(C(F)(F)F)n1)c1ccccc1C. The van der Waals surface area contributed by atoms with Crippen molar-refractivity contribution in [2.24, 2.45) is 0 Å². The lowest BCUT2D eigenvalue weighted by Gasteiger charge is -2.24. The van der Waals surface area contributed by atoms with Crippen molar-refractivity contribution in [2.75, 3.05) is 17.2 Å². The molecule has 1 heterocycles. The van der Waals surface area contributed by atoms with Crippen LogP contribution in [0.3, 0.4) is 0 Å². The summed E-state index contributed by atoms with van der Waals surface area (Å²) in [6.45, 7) is 4.17. The van der Waals surface area contributed by atoms with E-state index in [9.17, 15) is 13.2 Å². The zero-order chi connectivity index (χ0) is 15.6. The molecule has 2 N–H and O–H groups in total. The molecule has 1 aromatic carbocycles. The molecule has 0 saturated carbocycles. The van der Waals surface area contributed by atoms with E-state index in [1.165, 1.54) is 6.07 Å². The molecule has 0 spiro atoms. The molecule has 112 valence electrons. The van der Waals surface area contributed by atoms with E-state index < -0.39 is 12.0 Å². The molecule has 7 heteroatoms. The minimum Gasteiger partial charge on any atom is -0.384 e. The lowest BCUT2D eigenvalue weighted by molar-refractivity contribution is -0.144. The predicted molar refractivity (Wildman–Crippen MR) is 75.3 cm³/mol. The summed E-state index contributed by atoms with van der Waals surface area (Å²) >= 11 is 0. The monoisotopic (exact) mass is 296 g/mol. The molecule has 21 heavy (non-hydrogen) atoms. The van der Waals surface area contributed by atoms with Crippen molar-refractivity contribution in [1.29, 1.82) is 0 Å². The van der Waals surface area contributed by atoms with E-state index in [4.69, 9.17) is 5.73 Å². The molecule has 0 aliphatic heterocycles. The van der Waals surface area contributed by atoms with Crippen LogP contribution in [0, 0.1) is 6.92 Å². The molecule has 1 aromatic heterocycles. The number of anilines is 3. The van der Waals surface area contributed by atoms with Crippen LogP contribution in [-0.2, 0) is 6.18 Å². The summed E-state index contributed by atoms with van der Waals surface area (Å²) in [5.74, 6) is -1.31. The van der Waals surface area contributed by atoms with E-state index in [1.807, 2.05) is 38.1 Å². The Hall–Kier alpha value is -2.31. The standard InChI is InChI=1S/C14H15F3N4/c1-3-21(10-7-5-4-6-9(10)2)12-8-11(18)19-13(20-12)14(15,16)17/h4-8H,3H2,1-2H3,(H2,18,19,20). The minimum atomic E-state index is -4.63. The van der Waals surface area contributed by atoms with Crippen molar-refractivity contribution in [3.05, 3.63) is 41.7 Å². The van der Waals surface area contributed by atoms with Gasteiger partial charge < -0.3 is 10.6 Å². The van der Waals surface area contributed by atoms with Gasteiger partial charge in [0, 0.05) is 18.3 Å². The summed E-state index contributed by atoms with van der Waals surface area (Å²) in [4.78, 5) is 8.53. The van der Waals surface area contributed by atoms with Gasteiger partial charge in [-0.3, -0.25) is 0 Å². The highest BCUT2D eigenvalue weighted by Crippen LogP contribution is 2.31. The van der Waals surface area contributed by atoms with Crippen molar-refractivity contribution in [1.82, 2.24) is 9.97 Å². The average Bonchev–Trinajstić information content (AvgIpc) is 2.40. The first-order valence-corrected chi connectivity index (χ1v) is 6.38. The van der Waals surface area contributed by atoms with E-state index in [-0.39, 0.29) is 11.6 Å². The van der Waals surface area contributed by atoms with Gasteiger partial charge in [-0.1, -0.05) is 18.2 Å². The van der Waals surface area contributed by atoms with Crippen LogP contribution in [0.5, 0.6) is 0 Å². The smallest absolute Gasteiger partial charge is 0.384 e. The number of nitrogen functional groups attached to an aromatic ring is 1. The van der Waals surface area contributed by atoms with Crippen LogP contribution >= 0.6 is 0 Å². The van der Waals surface area contributed by atoms with Crippen LogP contribution in [0.25, 0.3) is 0 Å². The second-order valence-corrected chi connectivity index (χ2v) is 4.50. The molecule has 0 bridgehead atoms. The highest BCUT2D eigenvalue weighted by molar-refractivity contribution is 5.65. The number of aromatic nitrogens is 2. The summed E-state index contributed by atoms with van der Waals surface area (Å²) in [5, 5.41) is 0. The highest BCUT2D eigenvalue weighted by atomic mass is 19.4. The number of rotatable bonds is 3. The van der Waals surface area contributed by atoms with Crippen LogP contribution in [0.1, 0.15) is 18.3 Å². The van der Waals surface area contributed by atoms with E-state index in [1.54, 1.807) is 4.90 Å². The molecule has 0 amide bonds. The molecular formula is C14H15F3N4. The third-order valence-corrected chi connectivity index (χ3v) is 2.99. The molecule has 0 atom stereocenters. The highest BCUT2D eigenvalue weighted by Gasteiger charge is 2.35. The number of benzene rings is 1. The predicted octanol–water partition coefficient (Wildman–Crippen LogP) is 3.54. The van der Waals surface area contributed by atoms with E-state index in [2.05, 4.69) is 9.97 Å². The fourth-order valence-corrected chi connectivity index (χ4v) is 2.04. The molecule has 2 aromatic rings. The number of nitrogens with two attached hydrogens (primary N) is 1. The summed E-state index contributed by atoms with van der Waals surface area (Å²) in [5.41, 5.74) is 7.21. The van der Waals surface area contributed by atoms with Crippen LogP contribution < -0.4 is 10.6 Å². The number of alkyl halides is 3. The first-order valence-electron chi connectivity index (χ1n) is 6.38. The van der Waals surface area contributed by atoms with E-state index in [0.717, 1.165) is 11.3 Å². The van der Waals surface area contributed by atoms with Gasteiger partial charge in [-0.25, -0.2) is 9.97 Å². The Kier molecular flexibility index (Phi) is 4.02. The summed E-state index contributed by atoms with van der Waals surface area (Å²) in [7, 11) is 0. The van der Waals surface area contributed by atoms with Crippen LogP contribution in [-0.4, -0.2) is 16.5 Å². The molecule has 4 nitrogen and oxygen atoms in total. The topological polar surface area (TPSA) is 55.0 Å². The Morgan fingerprint density at radius 2 is 1.86 bits per heavy atom. The average molecular weight is 296 g/mol. The van der Waals surface area contributed by atoms with Crippen molar-refractivity contribution in [3.8, 4) is 0 Å². The number of halogens is 3. The van der Waals surface area contributed by atoms with Gasteiger partial charge in [-0.05, 0) is 25.5 Å². The van der Waals surface area contributed by atoms with E-state index in [0.29, 0.717) is 6.54 Å². The van der Waals surface area contributed by atoms with Crippen molar-refractivity contribution < 1.29 is 13.2 Å². The van der Waals surface area contributed by atoms with Gasteiger partial charge in [-0.2, -0.15) is 13.2 Å². The fourth-order valence-electron chi connectivity index (χ4n) is 2.04. The minimum absolute atomic E-state index is 0.131. The molecule has 2 rings (SSSR count). The Labute approximate surface area is 120 Å². The Balaban J connectivity index is 2.53. The maximum absolute atomic E-state index is 12.8. The van der Waals surface area contributed by atoms with Gasteiger partial charge in [0.05, 0.1) is 0 Å². The second kappa shape index (κ2) is 5.59. The quantitative estimate of drug-likeness (QED) is 0.941. The number of nitrogens with zero attached hydrogens (tertiary/aromatic N) is 3. The van der Waals surface area contributed by atoms with Gasteiger partial charge in [-0.15, -0.1) is 0 Å². The maximum atomic E-state index is 12.8. The maximum Gasteiger partial charge on any atom is 0.451 e. The first-order chi connectivity index (χ1) is 9.82. The molecule has 0 aliphatic carbocycles.